The smallest absolute Gasteiger partial charge is 0.252 e. The Hall–Kier alpha value is -2.52. The number of benzene rings is 3. The first-order chi connectivity index (χ1) is 12.2. The van der Waals surface area contributed by atoms with Gasteiger partial charge in [-0.1, -0.05) is 66.7 Å². The molecule has 0 bridgehead atoms. The van der Waals surface area contributed by atoms with Crippen LogP contribution in [-0.4, -0.2) is 5.91 Å². The summed E-state index contributed by atoms with van der Waals surface area (Å²) in [4.78, 5) is 13.6. The van der Waals surface area contributed by atoms with Gasteiger partial charge in [0.25, 0.3) is 5.91 Å². The Kier molecular flexibility index (Phi) is 5.91. The molecule has 1 N–H and O–H groups in total. The topological polar surface area (TPSA) is 29.1 Å². The van der Waals surface area contributed by atoms with Crippen LogP contribution in [0, 0.1) is 6.92 Å². The molecular formula is C22H21NOS. The lowest BCUT2D eigenvalue weighted by Gasteiger charge is -2.11. The van der Waals surface area contributed by atoms with Gasteiger partial charge in [-0.05, 0) is 35.7 Å². The normalized spacial score (nSPS) is 10.4. The Labute approximate surface area is 153 Å². The Morgan fingerprint density at radius 3 is 2.36 bits per heavy atom. The molecule has 25 heavy (non-hydrogen) atoms. The highest BCUT2D eigenvalue weighted by molar-refractivity contribution is 7.98. The minimum absolute atomic E-state index is 0.0283. The van der Waals surface area contributed by atoms with E-state index >= 15 is 0 Å². The minimum Gasteiger partial charge on any atom is -0.348 e. The zero-order valence-electron chi connectivity index (χ0n) is 14.2. The fraction of sp³-hybridized carbons (Fsp3) is 0.136. The lowest BCUT2D eigenvalue weighted by atomic mass is 10.1. The van der Waals surface area contributed by atoms with Crippen molar-refractivity contribution in [2.45, 2.75) is 24.1 Å². The van der Waals surface area contributed by atoms with Crippen molar-refractivity contribution < 1.29 is 4.79 Å². The van der Waals surface area contributed by atoms with Gasteiger partial charge in [0.15, 0.2) is 0 Å². The SMILES string of the molecule is Cc1ccccc1CNC(=O)c1ccccc1SCc1ccccc1. The molecule has 126 valence electrons. The maximum absolute atomic E-state index is 12.6. The van der Waals surface area contributed by atoms with Crippen molar-refractivity contribution >= 4 is 17.7 Å². The number of aryl methyl sites for hydroxylation is 1. The Morgan fingerprint density at radius 1 is 0.880 bits per heavy atom. The maximum atomic E-state index is 12.6. The highest BCUT2D eigenvalue weighted by atomic mass is 32.2. The zero-order chi connectivity index (χ0) is 17.5. The number of rotatable bonds is 6. The predicted octanol–water partition coefficient (Wildman–Crippen LogP) is 5.22. The molecule has 0 spiro atoms. The summed E-state index contributed by atoms with van der Waals surface area (Å²) < 4.78 is 0. The number of nitrogens with one attached hydrogen (secondary N) is 1. The van der Waals surface area contributed by atoms with Crippen molar-refractivity contribution in [2.24, 2.45) is 0 Å². The van der Waals surface area contributed by atoms with E-state index in [9.17, 15) is 4.79 Å². The van der Waals surface area contributed by atoms with E-state index in [0.29, 0.717) is 6.54 Å². The molecule has 3 heteroatoms. The largest absolute Gasteiger partial charge is 0.348 e. The lowest BCUT2D eigenvalue weighted by Crippen LogP contribution is -2.23. The minimum atomic E-state index is -0.0283. The second-order valence-corrected chi connectivity index (χ2v) is 6.90. The molecule has 3 aromatic carbocycles. The van der Waals surface area contributed by atoms with Crippen LogP contribution in [0.5, 0.6) is 0 Å². The van der Waals surface area contributed by atoms with Gasteiger partial charge in [0.05, 0.1) is 5.56 Å². The van der Waals surface area contributed by atoms with Crippen LogP contribution in [0.2, 0.25) is 0 Å². The number of hydrogen-bond acceptors (Lipinski definition) is 2. The molecule has 0 radical (unpaired) electrons. The van der Waals surface area contributed by atoms with Crippen LogP contribution < -0.4 is 5.32 Å². The molecule has 3 rings (SSSR count). The maximum Gasteiger partial charge on any atom is 0.252 e. The van der Waals surface area contributed by atoms with Gasteiger partial charge in [-0.2, -0.15) is 0 Å². The first-order valence-electron chi connectivity index (χ1n) is 8.32. The van der Waals surface area contributed by atoms with Crippen LogP contribution in [-0.2, 0) is 12.3 Å². The molecule has 3 aromatic rings. The second kappa shape index (κ2) is 8.54. The van der Waals surface area contributed by atoms with Crippen molar-refractivity contribution in [2.75, 3.05) is 0 Å². The highest BCUT2D eigenvalue weighted by Crippen LogP contribution is 2.26. The van der Waals surface area contributed by atoms with E-state index < -0.39 is 0 Å². The summed E-state index contributed by atoms with van der Waals surface area (Å²) in [6.45, 7) is 2.61. The molecule has 0 saturated carbocycles. The van der Waals surface area contributed by atoms with Gasteiger partial charge in [-0.3, -0.25) is 4.79 Å². The predicted molar refractivity (Wildman–Crippen MR) is 105 cm³/mol. The number of carbonyl (C=O) groups is 1. The second-order valence-electron chi connectivity index (χ2n) is 5.88. The first kappa shape index (κ1) is 17.3. The van der Waals surface area contributed by atoms with Crippen molar-refractivity contribution in [1.82, 2.24) is 5.32 Å². The van der Waals surface area contributed by atoms with Crippen LogP contribution in [0.3, 0.4) is 0 Å². The van der Waals surface area contributed by atoms with E-state index in [1.165, 1.54) is 11.1 Å². The molecule has 0 atom stereocenters. The third-order valence-electron chi connectivity index (χ3n) is 4.07. The monoisotopic (exact) mass is 347 g/mol. The number of hydrogen-bond donors (Lipinski definition) is 1. The van der Waals surface area contributed by atoms with Crippen LogP contribution in [0.25, 0.3) is 0 Å². The molecule has 0 unspecified atom stereocenters. The number of carbonyl (C=O) groups excluding carboxylic acids is 1. The average molecular weight is 347 g/mol. The van der Waals surface area contributed by atoms with E-state index in [1.54, 1.807) is 11.8 Å². The van der Waals surface area contributed by atoms with Crippen LogP contribution in [0.4, 0.5) is 0 Å². The standard InChI is InChI=1S/C22H21NOS/c1-17-9-5-6-12-19(17)15-23-22(24)20-13-7-8-14-21(20)25-16-18-10-3-2-4-11-18/h2-14H,15-16H2,1H3,(H,23,24). The first-order valence-corrected chi connectivity index (χ1v) is 9.31. The highest BCUT2D eigenvalue weighted by Gasteiger charge is 2.11. The summed E-state index contributed by atoms with van der Waals surface area (Å²) in [5.41, 5.74) is 4.32. The zero-order valence-corrected chi connectivity index (χ0v) is 15.1. The van der Waals surface area contributed by atoms with Crippen molar-refractivity contribution in [3.8, 4) is 0 Å². The lowest BCUT2D eigenvalue weighted by molar-refractivity contribution is 0.0948. The third kappa shape index (κ3) is 4.74. The summed E-state index contributed by atoms with van der Waals surface area (Å²) in [6.07, 6.45) is 0. The summed E-state index contributed by atoms with van der Waals surface area (Å²) in [7, 11) is 0. The van der Waals surface area contributed by atoms with Crippen LogP contribution in [0.1, 0.15) is 27.0 Å². The average Bonchev–Trinajstić information content (AvgIpc) is 2.66. The van der Waals surface area contributed by atoms with E-state index in [2.05, 4.69) is 30.4 Å². The van der Waals surface area contributed by atoms with Gasteiger partial charge < -0.3 is 5.32 Å². The van der Waals surface area contributed by atoms with E-state index in [4.69, 9.17) is 0 Å². The van der Waals surface area contributed by atoms with Gasteiger partial charge in [0, 0.05) is 17.2 Å². The summed E-state index contributed by atoms with van der Waals surface area (Å²) in [6, 6.07) is 26.2. The molecule has 0 aliphatic carbocycles. The molecule has 2 nitrogen and oxygen atoms in total. The van der Waals surface area contributed by atoms with Crippen LogP contribution >= 0.6 is 11.8 Å². The molecule has 0 saturated heterocycles. The Morgan fingerprint density at radius 2 is 1.56 bits per heavy atom. The van der Waals surface area contributed by atoms with Crippen molar-refractivity contribution in [3.05, 3.63) is 101 Å². The van der Waals surface area contributed by atoms with E-state index in [-0.39, 0.29) is 5.91 Å². The van der Waals surface area contributed by atoms with Crippen molar-refractivity contribution in [1.29, 1.82) is 0 Å². The Bertz CT molecular complexity index is 845. The summed E-state index contributed by atoms with van der Waals surface area (Å²) in [5, 5.41) is 3.04. The quantitative estimate of drug-likeness (QED) is 0.620. The fourth-order valence-electron chi connectivity index (χ4n) is 2.59. The molecule has 0 fully saturated rings. The molecule has 0 heterocycles. The van der Waals surface area contributed by atoms with Gasteiger partial charge >= 0.3 is 0 Å². The van der Waals surface area contributed by atoms with E-state index in [0.717, 1.165) is 21.8 Å². The van der Waals surface area contributed by atoms with Crippen molar-refractivity contribution in [3.63, 3.8) is 0 Å². The van der Waals surface area contributed by atoms with Gasteiger partial charge in [-0.25, -0.2) is 0 Å². The number of amides is 1. The molecule has 0 aromatic heterocycles. The molecule has 0 aliphatic heterocycles. The van der Waals surface area contributed by atoms with Gasteiger partial charge in [-0.15, -0.1) is 11.8 Å². The molecule has 0 aliphatic rings. The number of thioether (sulfide) groups is 1. The molecular weight excluding hydrogens is 326 g/mol. The summed E-state index contributed by atoms with van der Waals surface area (Å²) in [5.74, 6) is 0.822. The van der Waals surface area contributed by atoms with Crippen LogP contribution in [0.15, 0.2) is 83.8 Å². The molecule has 1 amide bonds. The van der Waals surface area contributed by atoms with Gasteiger partial charge in [0.1, 0.15) is 0 Å². The fourth-order valence-corrected chi connectivity index (χ4v) is 3.60. The van der Waals surface area contributed by atoms with E-state index in [1.807, 2.05) is 60.7 Å². The third-order valence-corrected chi connectivity index (χ3v) is 5.21. The van der Waals surface area contributed by atoms with Gasteiger partial charge in [0.2, 0.25) is 0 Å². The summed E-state index contributed by atoms with van der Waals surface area (Å²) >= 11 is 1.69. The Balaban J connectivity index is 1.67.